The molecule has 1 N–H and O–H groups in total. The first kappa shape index (κ1) is 18.9. The first-order chi connectivity index (χ1) is 13.6. The van der Waals surface area contributed by atoms with Crippen molar-refractivity contribution < 1.29 is 5.11 Å². The summed E-state index contributed by atoms with van der Waals surface area (Å²) in [7, 11) is 0. The molecule has 2 heterocycles. The second-order valence-electron chi connectivity index (χ2n) is 8.05. The van der Waals surface area contributed by atoms with Gasteiger partial charge in [-0.25, -0.2) is 4.68 Å². The molecule has 1 aromatic heterocycles. The zero-order chi connectivity index (χ0) is 19.5. The number of rotatable bonds is 5. The monoisotopic (exact) mass is 375 g/mol. The molecule has 0 saturated carbocycles. The van der Waals surface area contributed by atoms with Crippen LogP contribution in [0.5, 0.6) is 0 Å². The highest BCUT2D eigenvalue weighted by atomic mass is 16.3. The molecule has 0 radical (unpaired) electrons. The molecule has 4 rings (SSSR count). The van der Waals surface area contributed by atoms with Gasteiger partial charge < -0.3 is 5.11 Å². The molecular formula is C24H29N3O. The van der Waals surface area contributed by atoms with Gasteiger partial charge in [-0.3, -0.25) is 4.90 Å². The quantitative estimate of drug-likeness (QED) is 0.720. The van der Waals surface area contributed by atoms with Crippen LogP contribution in [0.25, 0.3) is 16.9 Å². The Kier molecular flexibility index (Phi) is 5.60. The van der Waals surface area contributed by atoms with Gasteiger partial charge in [-0.05, 0) is 63.9 Å². The summed E-state index contributed by atoms with van der Waals surface area (Å²) in [5.41, 5.74) is 7.08. The molecule has 1 fully saturated rings. The Morgan fingerprint density at radius 3 is 2.43 bits per heavy atom. The molecule has 146 valence electrons. The number of aliphatic hydroxyl groups is 1. The van der Waals surface area contributed by atoms with Crippen molar-refractivity contribution >= 4 is 0 Å². The third-order valence-electron chi connectivity index (χ3n) is 5.74. The van der Waals surface area contributed by atoms with E-state index >= 15 is 0 Å². The van der Waals surface area contributed by atoms with E-state index in [9.17, 15) is 5.11 Å². The van der Waals surface area contributed by atoms with E-state index in [1.54, 1.807) is 0 Å². The molecule has 2 aromatic carbocycles. The van der Waals surface area contributed by atoms with Crippen LogP contribution in [0.3, 0.4) is 0 Å². The SMILES string of the molecule is Cc1ccc(-n2cc(CN3CCC(CO)CC3)c(-c3cccc(C)c3)n2)cc1. The number of aryl methyl sites for hydroxylation is 2. The van der Waals surface area contributed by atoms with Crippen LogP contribution >= 0.6 is 0 Å². The minimum absolute atomic E-state index is 0.313. The Hall–Kier alpha value is -2.43. The van der Waals surface area contributed by atoms with Crippen LogP contribution in [0.2, 0.25) is 0 Å². The standard InChI is InChI=1S/C24H29N3O/c1-18-6-8-23(9-7-18)27-16-22(15-26-12-10-20(17-28)11-13-26)24(25-27)21-5-3-4-19(2)14-21/h3-9,14,16,20,28H,10-13,15,17H2,1-2H3. The molecule has 0 spiro atoms. The van der Waals surface area contributed by atoms with E-state index in [0.717, 1.165) is 43.9 Å². The van der Waals surface area contributed by atoms with Crippen LogP contribution in [0.15, 0.2) is 54.7 Å². The highest BCUT2D eigenvalue weighted by molar-refractivity contribution is 5.64. The highest BCUT2D eigenvalue weighted by Gasteiger charge is 2.21. The fraction of sp³-hybridized carbons (Fsp3) is 0.375. The van der Waals surface area contributed by atoms with Crippen LogP contribution < -0.4 is 0 Å². The van der Waals surface area contributed by atoms with Gasteiger partial charge in [0.25, 0.3) is 0 Å². The topological polar surface area (TPSA) is 41.3 Å². The number of piperidine rings is 1. The molecule has 0 atom stereocenters. The molecule has 1 aliphatic heterocycles. The van der Waals surface area contributed by atoms with Crippen molar-refractivity contribution in [1.82, 2.24) is 14.7 Å². The summed E-state index contributed by atoms with van der Waals surface area (Å²) in [6, 6.07) is 17.1. The number of aliphatic hydroxyl groups excluding tert-OH is 1. The van der Waals surface area contributed by atoms with Crippen molar-refractivity contribution in [1.29, 1.82) is 0 Å². The third kappa shape index (κ3) is 4.18. The molecule has 1 aliphatic rings. The van der Waals surface area contributed by atoms with E-state index in [-0.39, 0.29) is 0 Å². The van der Waals surface area contributed by atoms with Gasteiger partial charge in [0, 0.05) is 30.5 Å². The van der Waals surface area contributed by atoms with Crippen LogP contribution in [-0.2, 0) is 6.54 Å². The molecular weight excluding hydrogens is 346 g/mol. The van der Waals surface area contributed by atoms with Crippen LogP contribution in [-0.4, -0.2) is 39.5 Å². The van der Waals surface area contributed by atoms with Gasteiger partial charge in [0.2, 0.25) is 0 Å². The molecule has 4 nitrogen and oxygen atoms in total. The van der Waals surface area contributed by atoms with Crippen molar-refractivity contribution in [3.63, 3.8) is 0 Å². The first-order valence-corrected chi connectivity index (χ1v) is 10.2. The predicted molar refractivity (Wildman–Crippen MR) is 114 cm³/mol. The zero-order valence-electron chi connectivity index (χ0n) is 16.8. The summed E-state index contributed by atoms with van der Waals surface area (Å²) in [5.74, 6) is 0.461. The first-order valence-electron chi connectivity index (χ1n) is 10.2. The second kappa shape index (κ2) is 8.29. The number of nitrogens with zero attached hydrogens (tertiary/aromatic N) is 3. The van der Waals surface area contributed by atoms with Gasteiger partial charge in [-0.2, -0.15) is 5.10 Å². The number of aromatic nitrogens is 2. The Morgan fingerprint density at radius 1 is 1.00 bits per heavy atom. The average Bonchev–Trinajstić information content (AvgIpc) is 3.13. The van der Waals surface area contributed by atoms with Crippen molar-refractivity contribution in [2.45, 2.75) is 33.2 Å². The zero-order valence-corrected chi connectivity index (χ0v) is 16.8. The average molecular weight is 376 g/mol. The predicted octanol–water partition coefficient (Wildman–Crippen LogP) is 4.36. The van der Waals surface area contributed by atoms with E-state index in [2.05, 4.69) is 73.5 Å². The Balaban J connectivity index is 1.66. The maximum atomic E-state index is 9.40. The lowest BCUT2D eigenvalue weighted by molar-refractivity contribution is 0.127. The highest BCUT2D eigenvalue weighted by Crippen LogP contribution is 2.27. The fourth-order valence-electron chi connectivity index (χ4n) is 3.96. The Bertz CT molecular complexity index is 921. The maximum absolute atomic E-state index is 9.40. The number of benzene rings is 2. The molecule has 0 bridgehead atoms. The summed E-state index contributed by atoms with van der Waals surface area (Å²) < 4.78 is 2.01. The van der Waals surface area contributed by atoms with Gasteiger partial charge in [-0.15, -0.1) is 0 Å². The molecule has 1 saturated heterocycles. The summed E-state index contributed by atoms with van der Waals surface area (Å²) in [4.78, 5) is 2.49. The van der Waals surface area contributed by atoms with E-state index in [1.807, 2.05) is 4.68 Å². The van der Waals surface area contributed by atoms with Gasteiger partial charge in [-0.1, -0.05) is 41.5 Å². The summed E-state index contributed by atoms with van der Waals surface area (Å²) >= 11 is 0. The number of likely N-dealkylation sites (tertiary alicyclic amines) is 1. The van der Waals surface area contributed by atoms with E-state index < -0.39 is 0 Å². The minimum Gasteiger partial charge on any atom is -0.396 e. The lowest BCUT2D eigenvalue weighted by atomic mass is 9.97. The molecule has 4 heteroatoms. The Morgan fingerprint density at radius 2 is 1.75 bits per heavy atom. The van der Waals surface area contributed by atoms with Crippen LogP contribution in [0.4, 0.5) is 0 Å². The summed E-state index contributed by atoms with van der Waals surface area (Å²) in [6.07, 6.45) is 4.32. The maximum Gasteiger partial charge on any atom is 0.0972 e. The van der Waals surface area contributed by atoms with Gasteiger partial charge >= 0.3 is 0 Å². The molecule has 3 aromatic rings. The van der Waals surface area contributed by atoms with Gasteiger partial charge in [0.15, 0.2) is 0 Å². The van der Waals surface area contributed by atoms with Gasteiger partial charge in [0.1, 0.15) is 0 Å². The smallest absolute Gasteiger partial charge is 0.0972 e. The van der Waals surface area contributed by atoms with Crippen molar-refractivity contribution in [2.24, 2.45) is 5.92 Å². The second-order valence-corrected chi connectivity index (χ2v) is 8.05. The van der Waals surface area contributed by atoms with Crippen molar-refractivity contribution in [3.8, 4) is 16.9 Å². The van der Waals surface area contributed by atoms with Crippen LogP contribution in [0, 0.1) is 19.8 Å². The molecule has 0 unspecified atom stereocenters. The Labute approximate surface area is 167 Å². The summed E-state index contributed by atoms with van der Waals surface area (Å²) in [6.45, 7) is 7.51. The largest absolute Gasteiger partial charge is 0.396 e. The molecule has 0 amide bonds. The minimum atomic E-state index is 0.313. The van der Waals surface area contributed by atoms with Crippen LogP contribution in [0.1, 0.15) is 29.5 Å². The third-order valence-corrected chi connectivity index (χ3v) is 5.74. The van der Waals surface area contributed by atoms with E-state index in [1.165, 1.54) is 22.3 Å². The van der Waals surface area contributed by atoms with E-state index in [4.69, 9.17) is 5.10 Å². The van der Waals surface area contributed by atoms with Gasteiger partial charge in [0.05, 0.1) is 11.4 Å². The van der Waals surface area contributed by atoms with Crippen molar-refractivity contribution in [2.75, 3.05) is 19.7 Å². The number of hydrogen-bond donors (Lipinski definition) is 1. The van der Waals surface area contributed by atoms with Crippen molar-refractivity contribution in [3.05, 3.63) is 71.4 Å². The lowest BCUT2D eigenvalue weighted by Gasteiger charge is -2.30. The van der Waals surface area contributed by atoms with E-state index in [0.29, 0.717) is 12.5 Å². The normalized spacial score (nSPS) is 15.8. The molecule has 0 aliphatic carbocycles. The summed E-state index contributed by atoms with van der Waals surface area (Å²) in [5, 5.41) is 14.4. The molecule has 28 heavy (non-hydrogen) atoms. The lowest BCUT2D eigenvalue weighted by Crippen LogP contribution is -2.34. The fourth-order valence-corrected chi connectivity index (χ4v) is 3.96. The number of hydrogen-bond acceptors (Lipinski definition) is 3.